The standard InChI is InChI=1S/C17H17F3O3/c1-16(23-3)9-8-12(10-14(16)22-2)15(21)11-4-6-13(7-5-11)17(18,19)20/h4-8,10H,9H2,1-3H3. The van der Waals surface area contributed by atoms with Crippen LogP contribution in [0.5, 0.6) is 0 Å². The van der Waals surface area contributed by atoms with Crippen molar-refractivity contribution in [2.24, 2.45) is 0 Å². The van der Waals surface area contributed by atoms with E-state index in [0.29, 0.717) is 17.8 Å². The summed E-state index contributed by atoms with van der Waals surface area (Å²) in [4.78, 5) is 12.4. The molecule has 0 bridgehead atoms. The van der Waals surface area contributed by atoms with Gasteiger partial charge >= 0.3 is 6.18 Å². The Labute approximate surface area is 132 Å². The van der Waals surface area contributed by atoms with Crippen molar-refractivity contribution >= 4 is 5.78 Å². The Morgan fingerprint density at radius 3 is 2.26 bits per heavy atom. The van der Waals surface area contributed by atoms with Crippen LogP contribution in [0.1, 0.15) is 29.3 Å². The molecule has 0 fully saturated rings. The van der Waals surface area contributed by atoms with Gasteiger partial charge in [-0.2, -0.15) is 13.2 Å². The van der Waals surface area contributed by atoms with Gasteiger partial charge in [0.2, 0.25) is 0 Å². The normalized spacial score (nSPS) is 21.5. The monoisotopic (exact) mass is 326 g/mol. The Morgan fingerprint density at radius 1 is 1.17 bits per heavy atom. The van der Waals surface area contributed by atoms with Gasteiger partial charge in [-0.05, 0) is 25.1 Å². The van der Waals surface area contributed by atoms with Gasteiger partial charge in [0.05, 0.1) is 12.7 Å². The summed E-state index contributed by atoms with van der Waals surface area (Å²) in [5.74, 6) is 0.143. The lowest BCUT2D eigenvalue weighted by Gasteiger charge is -2.31. The van der Waals surface area contributed by atoms with Crippen LogP contribution in [-0.4, -0.2) is 25.6 Å². The fraction of sp³-hybridized carbons (Fsp3) is 0.353. The van der Waals surface area contributed by atoms with E-state index in [9.17, 15) is 18.0 Å². The van der Waals surface area contributed by atoms with E-state index in [1.807, 2.05) is 6.92 Å². The first-order valence-electron chi connectivity index (χ1n) is 6.95. The highest BCUT2D eigenvalue weighted by Crippen LogP contribution is 2.33. The van der Waals surface area contributed by atoms with E-state index in [-0.39, 0.29) is 11.3 Å². The van der Waals surface area contributed by atoms with Gasteiger partial charge in [0.15, 0.2) is 5.78 Å². The maximum Gasteiger partial charge on any atom is 0.416 e. The molecule has 0 radical (unpaired) electrons. The lowest BCUT2D eigenvalue weighted by Crippen LogP contribution is -2.32. The highest BCUT2D eigenvalue weighted by atomic mass is 19.4. The van der Waals surface area contributed by atoms with Gasteiger partial charge in [0.1, 0.15) is 11.4 Å². The molecular weight excluding hydrogens is 309 g/mol. The smallest absolute Gasteiger partial charge is 0.416 e. The molecule has 1 aromatic carbocycles. The van der Waals surface area contributed by atoms with Crippen LogP contribution in [0, 0.1) is 0 Å². The lowest BCUT2D eigenvalue weighted by molar-refractivity contribution is -0.137. The van der Waals surface area contributed by atoms with Crippen molar-refractivity contribution in [1.29, 1.82) is 0 Å². The maximum atomic E-state index is 12.6. The van der Waals surface area contributed by atoms with Gasteiger partial charge in [0.25, 0.3) is 0 Å². The summed E-state index contributed by atoms with van der Waals surface area (Å²) in [6, 6.07) is 4.15. The highest BCUT2D eigenvalue weighted by Gasteiger charge is 2.34. The van der Waals surface area contributed by atoms with Crippen molar-refractivity contribution in [2.75, 3.05) is 14.2 Å². The largest absolute Gasteiger partial charge is 0.498 e. The van der Waals surface area contributed by atoms with Crippen LogP contribution in [0.3, 0.4) is 0 Å². The summed E-state index contributed by atoms with van der Waals surface area (Å²) in [6.07, 6.45) is -0.723. The van der Waals surface area contributed by atoms with E-state index < -0.39 is 17.3 Å². The Morgan fingerprint density at radius 2 is 1.78 bits per heavy atom. The second-order valence-electron chi connectivity index (χ2n) is 5.42. The molecule has 3 nitrogen and oxygen atoms in total. The van der Waals surface area contributed by atoms with E-state index in [4.69, 9.17) is 9.47 Å². The van der Waals surface area contributed by atoms with Crippen LogP contribution in [0.4, 0.5) is 13.2 Å². The van der Waals surface area contributed by atoms with E-state index in [1.54, 1.807) is 19.3 Å². The minimum atomic E-state index is -4.42. The van der Waals surface area contributed by atoms with E-state index in [1.165, 1.54) is 19.2 Å². The molecule has 0 N–H and O–H groups in total. The molecule has 0 aliphatic heterocycles. The zero-order chi connectivity index (χ0) is 17.3. The third kappa shape index (κ3) is 3.47. The topological polar surface area (TPSA) is 35.5 Å². The van der Waals surface area contributed by atoms with E-state index in [2.05, 4.69) is 0 Å². The number of hydrogen-bond acceptors (Lipinski definition) is 3. The molecule has 1 atom stereocenters. The van der Waals surface area contributed by atoms with Gasteiger partial charge in [0, 0.05) is 24.7 Å². The number of methoxy groups -OCH3 is 2. The first-order chi connectivity index (χ1) is 10.7. The second kappa shape index (κ2) is 6.20. The highest BCUT2D eigenvalue weighted by molar-refractivity contribution is 6.10. The number of ether oxygens (including phenoxy) is 2. The summed E-state index contributed by atoms with van der Waals surface area (Å²) >= 11 is 0. The van der Waals surface area contributed by atoms with Crippen molar-refractivity contribution in [1.82, 2.24) is 0 Å². The molecule has 2 rings (SSSR count). The number of allylic oxidation sites excluding steroid dienone is 2. The number of Topliss-reactive ketones (excluding diaryl/α,β-unsaturated/α-hetero) is 1. The number of alkyl halides is 3. The zero-order valence-corrected chi connectivity index (χ0v) is 13.0. The summed E-state index contributed by atoms with van der Waals surface area (Å²) in [5, 5.41) is 0. The predicted octanol–water partition coefficient (Wildman–Crippen LogP) is 4.15. The number of carbonyl (C=O) groups excluding carboxylic acids is 1. The molecule has 0 saturated carbocycles. The Hall–Kier alpha value is -2.08. The minimum absolute atomic E-state index is 0.192. The average molecular weight is 326 g/mol. The molecular formula is C17H17F3O3. The van der Waals surface area contributed by atoms with Crippen LogP contribution in [0.25, 0.3) is 0 Å². The van der Waals surface area contributed by atoms with Gasteiger partial charge < -0.3 is 9.47 Å². The van der Waals surface area contributed by atoms with Gasteiger partial charge in [-0.25, -0.2) is 0 Å². The number of ketones is 1. The van der Waals surface area contributed by atoms with E-state index in [0.717, 1.165) is 12.1 Å². The fourth-order valence-electron chi connectivity index (χ4n) is 2.35. The number of rotatable bonds is 4. The molecule has 1 aromatic rings. The lowest BCUT2D eigenvalue weighted by atomic mass is 9.88. The van der Waals surface area contributed by atoms with Crippen LogP contribution < -0.4 is 0 Å². The molecule has 124 valence electrons. The molecule has 1 aliphatic rings. The molecule has 0 spiro atoms. The Kier molecular flexibility index (Phi) is 4.66. The van der Waals surface area contributed by atoms with Gasteiger partial charge in [-0.3, -0.25) is 4.79 Å². The molecule has 23 heavy (non-hydrogen) atoms. The van der Waals surface area contributed by atoms with Crippen LogP contribution in [0.15, 0.2) is 47.7 Å². The second-order valence-corrected chi connectivity index (χ2v) is 5.42. The predicted molar refractivity (Wildman–Crippen MR) is 79.0 cm³/mol. The SMILES string of the molecule is COC1=CC(C(=O)c2ccc(C(F)(F)F)cc2)=CCC1(C)OC. The summed E-state index contributed by atoms with van der Waals surface area (Å²) in [5.41, 5.74) is -0.876. The Balaban J connectivity index is 2.26. The quantitative estimate of drug-likeness (QED) is 0.780. The summed E-state index contributed by atoms with van der Waals surface area (Å²) in [7, 11) is 3.03. The maximum absolute atomic E-state index is 12.6. The minimum Gasteiger partial charge on any atom is -0.498 e. The third-order valence-corrected chi connectivity index (χ3v) is 3.93. The molecule has 0 saturated heterocycles. The molecule has 0 heterocycles. The Bertz CT molecular complexity index is 657. The third-order valence-electron chi connectivity index (χ3n) is 3.93. The number of halogens is 3. The molecule has 6 heteroatoms. The first kappa shape index (κ1) is 17.3. The van der Waals surface area contributed by atoms with Gasteiger partial charge in [-0.1, -0.05) is 18.2 Å². The summed E-state index contributed by atoms with van der Waals surface area (Å²) < 4.78 is 48.3. The van der Waals surface area contributed by atoms with Crippen molar-refractivity contribution in [3.05, 3.63) is 58.9 Å². The van der Waals surface area contributed by atoms with Crippen molar-refractivity contribution < 1.29 is 27.4 Å². The molecule has 0 amide bonds. The molecule has 0 aromatic heterocycles. The summed E-state index contributed by atoms with van der Waals surface area (Å²) in [6.45, 7) is 1.83. The van der Waals surface area contributed by atoms with Crippen LogP contribution >= 0.6 is 0 Å². The van der Waals surface area contributed by atoms with Crippen LogP contribution in [0.2, 0.25) is 0 Å². The first-order valence-corrected chi connectivity index (χ1v) is 6.95. The zero-order valence-electron chi connectivity index (χ0n) is 13.0. The van der Waals surface area contributed by atoms with Crippen molar-refractivity contribution in [3.63, 3.8) is 0 Å². The number of carbonyl (C=O) groups is 1. The van der Waals surface area contributed by atoms with Crippen molar-refractivity contribution in [3.8, 4) is 0 Å². The van der Waals surface area contributed by atoms with Crippen LogP contribution in [-0.2, 0) is 15.7 Å². The van der Waals surface area contributed by atoms with Crippen molar-refractivity contribution in [2.45, 2.75) is 25.1 Å². The number of hydrogen-bond donors (Lipinski definition) is 0. The van der Waals surface area contributed by atoms with E-state index >= 15 is 0 Å². The van der Waals surface area contributed by atoms with Gasteiger partial charge in [-0.15, -0.1) is 0 Å². The fourth-order valence-corrected chi connectivity index (χ4v) is 2.35. The molecule has 1 aliphatic carbocycles. The number of benzene rings is 1. The average Bonchev–Trinajstić information content (AvgIpc) is 2.54. The molecule has 1 unspecified atom stereocenters.